The van der Waals surface area contributed by atoms with Gasteiger partial charge in [-0.05, 0) is 48.4 Å². The molecule has 0 spiro atoms. The van der Waals surface area contributed by atoms with Crippen LogP contribution in [0.2, 0.25) is 10.0 Å². The maximum Gasteiger partial charge on any atom is 0.338 e. The lowest BCUT2D eigenvalue weighted by Gasteiger charge is -2.24. The minimum Gasteiger partial charge on any atom is -0.489 e. The molecule has 4 aromatic rings. The van der Waals surface area contributed by atoms with E-state index in [-0.39, 0.29) is 5.56 Å². The Bertz CT molecular complexity index is 1730. The number of carbonyl (C=O) groups excluding carboxylic acids is 1. The predicted octanol–water partition coefficient (Wildman–Crippen LogP) is 5.29. The van der Waals surface area contributed by atoms with Crippen molar-refractivity contribution in [3.63, 3.8) is 0 Å². The van der Waals surface area contributed by atoms with Gasteiger partial charge < -0.3 is 9.47 Å². The number of nitrogens with zero attached hydrogens (tertiary/aromatic N) is 2. The SMILES string of the molecule is COC(=O)C1=C(C)N=c2s/c(=C\c3ccc(OCc4ccc(Cl)cc4Cl)cc3)c(=O)n2[C@@H]1c1ccccc1. The molecule has 2 heterocycles. The summed E-state index contributed by atoms with van der Waals surface area (Å²) in [5, 5.41) is 1.11. The van der Waals surface area contributed by atoms with Crippen LogP contribution in [-0.2, 0) is 16.1 Å². The third-order valence-electron chi connectivity index (χ3n) is 6.13. The summed E-state index contributed by atoms with van der Waals surface area (Å²) >= 11 is 13.5. The topological polar surface area (TPSA) is 69.9 Å². The molecule has 1 aliphatic heterocycles. The highest BCUT2D eigenvalue weighted by Gasteiger charge is 2.32. The maximum atomic E-state index is 13.6. The molecule has 0 bridgehead atoms. The second kappa shape index (κ2) is 11.0. The van der Waals surface area contributed by atoms with E-state index in [4.69, 9.17) is 32.7 Å². The van der Waals surface area contributed by atoms with Gasteiger partial charge in [0.05, 0.1) is 29.0 Å². The van der Waals surface area contributed by atoms with Crippen molar-refractivity contribution in [2.75, 3.05) is 7.11 Å². The number of hydrogen-bond acceptors (Lipinski definition) is 6. The van der Waals surface area contributed by atoms with E-state index in [9.17, 15) is 9.59 Å². The summed E-state index contributed by atoms with van der Waals surface area (Å²) in [4.78, 5) is 31.4. The first-order chi connectivity index (χ1) is 18.4. The zero-order valence-corrected chi connectivity index (χ0v) is 22.8. The molecule has 38 heavy (non-hydrogen) atoms. The zero-order valence-electron chi connectivity index (χ0n) is 20.5. The molecule has 0 fully saturated rings. The van der Waals surface area contributed by atoms with Crippen LogP contribution in [0.4, 0.5) is 0 Å². The predicted molar refractivity (Wildman–Crippen MR) is 149 cm³/mol. The van der Waals surface area contributed by atoms with Crippen LogP contribution in [0.5, 0.6) is 5.75 Å². The van der Waals surface area contributed by atoms with Gasteiger partial charge in [-0.1, -0.05) is 83.1 Å². The molecule has 9 heteroatoms. The number of aromatic nitrogens is 1. The summed E-state index contributed by atoms with van der Waals surface area (Å²) in [6.45, 7) is 2.06. The van der Waals surface area contributed by atoms with E-state index in [0.29, 0.717) is 43.0 Å². The fraction of sp³-hybridized carbons (Fsp3) is 0.138. The fourth-order valence-corrected chi connectivity index (χ4v) is 5.76. The monoisotopic (exact) mass is 564 g/mol. The molecule has 0 N–H and O–H groups in total. The van der Waals surface area contributed by atoms with Crippen molar-refractivity contribution in [3.05, 3.63) is 130 Å². The molecule has 0 saturated carbocycles. The van der Waals surface area contributed by atoms with Crippen molar-refractivity contribution in [2.45, 2.75) is 19.6 Å². The number of allylic oxidation sites excluding steroid dienone is 1. The van der Waals surface area contributed by atoms with Crippen LogP contribution < -0.4 is 19.6 Å². The Morgan fingerprint density at radius 2 is 1.82 bits per heavy atom. The molecule has 0 amide bonds. The molecular weight excluding hydrogens is 543 g/mol. The summed E-state index contributed by atoms with van der Waals surface area (Å²) in [6, 6.07) is 21.5. The Kier molecular flexibility index (Phi) is 7.51. The Balaban J connectivity index is 1.47. The van der Waals surface area contributed by atoms with Gasteiger partial charge in [-0.2, -0.15) is 0 Å². The summed E-state index contributed by atoms with van der Waals surface area (Å²) in [5.74, 6) is 0.155. The molecule has 1 aromatic heterocycles. The van der Waals surface area contributed by atoms with Crippen LogP contribution in [0.3, 0.4) is 0 Å². The first-order valence-corrected chi connectivity index (χ1v) is 13.3. The molecule has 0 unspecified atom stereocenters. The summed E-state index contributed by atoms with van der Waals surface area (Å²) < 4.78 is 13.0. The number of hydrogen-bond donors (Lipinski definition) is 0. The molecule has 1 aliphatic rings. The van der Waals surface area contributed by atoms with Gasteiger partial charge in [-0.3, -0.25) is 9.36 Å². The van der Waals surface area contributed by atoms with Crippen LogP contribution in [0.25, 0.3) is 6.08 Å². The quantitative estimate of drug-likeness (QED) is 0.298. The number of fused-ring (bicyclic) bond motifs is 1. The summed E-state index contributed by atoms with van der Waals surface area (Å²) in [6.07, 6.45) is 1.81. The third kappa shape index (κ3) is 5.18. The van der Waals surface area contributed by atoms with Crippen LogP contribution in [0, 0.1) is 0 Å². The van der Waals surface area contributed by atoms with E-state index in [1.807, 2.05) is 66.7 Å². The van der Waals surface area contributed by atoms with Gasteiger partial charge in [0.15, 0.2) is 4.80 Å². The van der Waals surface area contributed by atoms with Crippen molar-refractivity contribution in [3.8, 4) is 5.75 Å². The van der Waals surface area contributed by atoms with Gasteiger partial charge in [0.1, 0.15) is 12.4 Å². The Morgan fingerprint density at radius 1 is 1.08 bits per heavy atom. The minimum absolute atomic E-state index is 0.228. The number of carbonyl (C=O) groups is 1. The molecule has 0 aliphatic carbocycles. The van der Waals surface area contributed by atoms with Crippen molar-refractivity contribution in [1.29, 1.82) is 0 Å². The normalized spacial score (nSPS) is 15.2. The second-order valence-electron chi connectivity index (χ2n) is 8.58. The van der Waals surface area contributed by atoms with E-state index in [1.54, 1.807) is 23.6 Å². The van der Waals surface area contributed by atoms with Crippen molar-refractivity contribution in [1.82, 2.24) is 4.57 Å². The molecule has 6 nitrogen and oxygen atoms in total. The highest BCUT2D eigenvalue weighted by molar-refractivity contribution is 7.07. The molecule has 5 rings (SSSR count). The van der Waals surface area contributed by atoms with E-state index in [0.717, 1.165) is 16.7 Å². The molecular formula is C29H22Cl2N2O4S. The van der Waals surface area contributed by atoms with Crippen LogP contribution in [0.15, 0.2) is 93.9 Å². The first-order valence-electron chi connectivity index (χ1n) is 11.7. The van der Waals surface area contributed by atoms with Gasteiger partial charge in [0.2, 0.25) is 0 Å². The lowest BCUT2D eigenvalue weighted by Crippen LogP contribution is -2.39. The molecule has 1 atom stereocenters. The number of ether oxygens (including phenoxy) is 2. The maximum absolute atomic E-state index is 13.6. The molecule has 3 aromatic carbocycles. The van der Waals surface area contributed by atoms with Gasteiger partial charge >= 0.3 is 5.97 Å². The lowest BCUT2D eigenvalue weighted by atomic mass is 9.96. The number of rotatable bonds is 6. The van der Waals surface area contributed by atoms with E-state index < -0.39 is 12.0 Å². The van der Waals surface area contributed by atoms with Gasteiger partial charge in [-0.25, -0.2) is 9.79 Å². The molecule has 192 valence electrons. The molecule has 0 saturated heterocycles. The van der Waals surface area contributed by atoms with Crippen LogP contribution >= 0.6 is 34.5 Å². The number of halogens is 2. The summed E-state index contributed by atoms with van der Waals surface area (Å²) in [7, 11) is 1.33. The van der Waals surface area contributed by atoms with Gasteiger partial charge in [-0.15, -0.1) is 0 Å². The van der Waals surface area contributed by atoms with Crippen molar-refractivity contribution < 1.29 is 14.3 Å². The zero-order chi connectivity index (χ0) is 26.8. The molecule has 0 radical (unpaired) electrons. The van der Waals surface area contributed by atoms with E-state index in [1.165, 1.54) is 18.4 Å². The number of benzene rings is 3. The number of methoxy groups -OCH3 is 1. The standard InChI is InChI=1S/C29H22Cl2N2O4S/c1-17-25(28(35)36-2)26(19-6-4-3-5-7-19)33-27(34)24(38-29(33)32-17)14-18-8-12-22(13-9-18)37-16-20-10-11-21(30)15-23(20)31/h3-15,26H,16H2,1-2H3/b24-14-/t26-/m1/s1. The Labute approximate surface area is 232 Å². The Hall–Kier alpha value is -3.65. The summed E-state index contributed by atoms with van der Waals surface area (Å²) in [5.41, 5.74) is 3.11. The van der Waals surface area contributed by atoms with E-state index >= 15 is 0 Å². The number of thiazole rings is 1. The van der Waals surface area contributed by atoms with Crippen molar-refractivity contribution >= 4 is 46.6 Å². The highest BCUT2D eigenvalue weighted by atomic mass is 35.5. The largest absolute Gasteiger partial charge is 0.489 e. The smallest absolute Gasteiger partial charge is 0.338 e. The van der Waals surface area contributed by atoms with Crippen LogP contribution in [0.1, 0.15) is 29.7 Å². The number of esters is 1. The third-order valence-corrected chi connectivity index (χ3v) is 7.70. The lowest BCUT2D eigenvalue weighted by molar-refractivity contribution is -0.136. The fourth-order valence-electron chi connectivity index (χ4n) is 4.25. The first kappa shape index (κ1) is 26.0. The van der Waals surface area contributed by atoms with Gasteiger partial charge in [0, 0.05) is 15.6 Å². The van der Waals surface area contributed by atoms with Crippen molar-refractivity contribution in [2.24, 2.45) is 4.99 Å². The van der Waals surface area contributed by atoms with Crippen LogP contribution in [-0.4, -0.2) is 17.6 Å². The second-order valence-corrected chi connectivity index (χ2v) is 10.4. The minimum atomic E-state index is -0.627. The van der Waals surface area contributed by atoms with Gasteiger partial charge in [0.25, 0.3) is 5.56 Å². The highest BCUT2D eigenvalue weighted by Crippen LogP contribution is 2.30. The average Bonchev–Trinajstić information content (AvgIpc) is 3.22. The Morgan fingerprint density at radius 3 is 2.50 bits per heavy atom. The van der Waals surface area contributed by atoms with E-state index in [2.05, 4.69) is 4.99 Å². The average molecular weight is 565 g/mol.